The van der Waals surface area contributed by atoms with Gasteiger partial charge < -0.3 is 10.6 Å². The smallest absolute Gasteiger partial charge is 0.245 e. The van der Waals surface area contributed by atoms with Crippen molar-refractivity contribution in [2.45, 2.75) is 18.7 Å². The van der Waals surface area contributed by atoms with Crippen LogP contribution in [0.3, 0.4) is 0 Å². The molecule has 0 aliphatic heterocycles. The van der Waals surface area contributed by atoms with E-state index in [0.717, 1.165) is 4.31 Å². The standard InChI is InChI=1S/C13H21N3O3S/c1-4-16(5-2)13(17)10-15(3)20(18,19)12-9-7-6-8-11(12)14/h6-9H,4-5,10,14H2,1-3H3. The molecule has 0 aliphatic carbocycles. The number of likely N-dealkylation sites (N-methyl/N-ethyl adjacent to an activating group) is 2. The molecule has 0 aliphatic rings. The van der Waals surface area contributed by atoms with Crippen LogP contribution in [0.4, 0.5) is 5.69 Å². The van der Waals surface area contributed by atoms with E-state index in [-0.39, 0.29) is 23.0 Å². The Morgan fingerprint density at radius 1 is 1.20 bits per heavy atom. The minimum atomic E-state index is -3.75. The van der Waals surface area contributed by atoms with Gasteiger partial charge in [-0.25, -0.2) is 8.42 Å². The van der Waals surface area contributed by atoms with Gasteiger partial charge in [0.25, 0.3) is 0 Å². The molecule has 0 heterocycles. The van der Waals surface area contributed by atoms with Crippen LogP contribution < -0.4 is 5.73 Å². The van der Waals surface area contributed by atoms with E-state index >= 15 is 0 Å². The SMILES string of the molecule is CCN(CC)C(=O)CN(C)S(=O)(=O)c1ccccc1N. The van der Waals surface area contributed by atoms with Crippen LogP contribution in [0, 0.1) is 0 Å². The summed E-state index contributed by atoms with van der Waals surface area (Å²) in [6.07, 6.45) is 0. The van der Waals surface area contributed by atoms with E-state index in [2.05, 4.69) is 0 Å². The van der Waals surface area contributed by atoms with E-state index in [1.165, 1.54) is 19.2 Å². The largest absolute Gasteiger partial charge is 0.398 e. The van der Waals surface area contributed by atoms with Crippen LogP contribution in [0.5, 0.6) is 0 Å². The number of hydrogen-bond acceptors (Lipinski definition) is 4. The number of rotatable bonds is 6. The van der Waals surface area contributed by atoms with Crippen LogP contribution >= 0.6 is 0 Å². The van der Waals surface area contributed by atoms with Gasteiger partial charge in [-0.1, -0.05) is 12.1 Å². The molecule has 0 bridgehead atoms. The number of sulfonamides is 1. The molecule has 1 rings (SSSR count). The lowest BCUT2D eigenvalue weighted by Crippen LogP contribution is -2.41. The van der Waals surface area contributed by atoms with Gasteiger partial charge in [0.05, 0.1) is 12.2 Å². The molecule has 0 fully saturated rings. The third-order valence-corrected chi connectivity index (χ3v) is 4.96. The van der Waals surface area contributed by atoms with Gasteiger partial charge in [-0.3, -0.25) is 4.79 Å². The zero-order valence-electron chi connectivity index (χ0n) is 12.0. The summed E-state index contributed by atoms with van der Waals surface area (Å²) in [6.45, 7) is 4.61. The molecule has 6 nitrogen and oxygen atoms in total. The maximum absolute atomic E-state index is 12.4. The van der Waals surface area contributed by atoms with Gasteiger partial charge in [0, 0.05) is 20.1 Å². The second kappa shape index (κ2) is 6.71. The Kier molecular flexibility index (Phi) is 5.52. The minimum Gasteiger partial charge on any atom is -0.398 e. The van der Waals surface area contributed by atoms with Crippen LogP contribution in [0.2, 0.25) is 0 Å². The van der Waals surface area contributed by atoms with Crippen molar-refractivity contribution in [2.75, 3.05) is 32.4 Å². The number of benzene rings is 1. The first kappa shape index (κ1) is 16.5. The summed E-state index contributed by atoms with van der Waals surface area (Å²) in [6, 6.07) is 6.22. The number of anilines is 1. The molecular weight excluding hydrogens is 278 g/mol. The Bertz CT molecular complexity index is 568. The van der Waals surface area contributed by atoms with E-state index in [1.54, 1.807) is 17.0 Å². The molecule has 0 saturated heterocycles. The van der Waals surface area contributed by atoms with Gasteiger partial charge in [-0.2, -0.15) is 4.31 Å². The molecule has 0 radical (unpaired) electrons. The van der Waals surface area contributed by atoms with Crippen LogP contribution in [0.25, 0.3) is 0 Å². The van der Waals surface area contributed by atoms with Crippen molar-refractivity contribution in [1.29, 1.82) is 0 Å². The van der Waals surface area contributed by atoms with E-state index in [4.69, 9.17) is 5.73 Å². The third kappa shape index (κ3) is 3.49. The molecule has 0 atom stereocenters. The number of hydrogen-bond donors (Lipinski definition) is 1. The van der Waals surface area contributed by atoms with E-state index in [1.807, 2.05) is 13.8 Å². The summed E-state index contributed by atoms with van der Waals surface area (Å²) in [4.78, 5) is 13.6. The first-order chi connectivity index (χ1) is 9.34. The molecule has 112 valence electrons. The van der Waals surface area contributed by atoms with Crippen LogP contribution in [-0.2, 0) is 14.8 Å². The van der Waals surface area contributed by atoms with Crippen molar-refractivity contribution in [3.8, 4) is 0 Å². The van der Waals surface area contributed by atoms with E-state index in [9.17, 15) is 13.2 Å². The summed E-state index contributed by atoms with van der Waals surface area (Å²) in [5.41, 5.74) is 5.86. The van der Waals surface area contributed by atoms with Gasteiger partial charge in [0.15, 0.2) is 0 Å². The summed E-state index contributed by atoms with van der Waals surface area (Å²) in [5.74, 6) is -0.226. The highest BCUT2D eigenvalue weighted by atomic mass is 32.2. The maximum atomic E-state index is 12.4. The molecule has 0 unspecified atom stereocenters. The van der Waals surface area contributed by atoms with Gasteiger partial charge in [-0.15, -0.1) is 0 Å². The average molecular weight is 299 g/mol. The highest BCUT2D eigenvalue weighted by molar-refractivity contribution is 7.89. The molecular formula is C13H21N3O3S. The van der Waals surface area contributed by atoms with Crippen molar-refractivity contribution in [2.24, 2.45) is 0 Å². The van der Waals surface area contributed by atoms with E-state index in [0.29, 0.717) is 13.1 Å². The Morgan fingerprint density at radius 2 is 1.75 bits per heavy atom. The Balaban J connectivity index is 2.94. The Morgan fingerprint density at radius 3 is 2.25 bits per heavy atom. The van der Waals surface area contributed by atoms with Gasteiger partial charge in [0.2, 0.25) is 15.9 Å². The first-order valence-corrected chi connectivity index (χ1v) is 7.87. The number of nitrogens with two attached hydrogens (primary N) is 1. The predicted molar refractivity (Wildman–Crippen MR) is 78.6 cm³/mol. The summed E-state index contributed by atoms with van der Waals surface area (Å²) in [5, 5.41) is 0. The number of carbonyl (C=O) groups is 1. The second-order valence-electron chi connectivity index (χ2n) is 4.36. The lowest BCUT2D eigenvalue weighted by Gasteiger charge is -2.23. The van der Waals surface area contributed by atoms with Crippen LogP contribution in [-0.4, -0.2) is 50.2 Å². The molecule has 0 spiro atoms. The molecule has 0 saturated carbocycles. The summed E-state index contributed by atoms with van der Waals surface area (Å²) < 4.78 is 25.8. The lowest BCUT2D eigenvalue weighted by molar-refractivity contribution is -0.130. The summed E-state index contributed by atoms with van der Waals surface area (Å²) >= 11 is 0. The number of nitrogens with zero attached hydrogens (tertiary/aromatic N) is 2. The fourth-order valence-corrected chi connectivity index (χ4v) is 3.07. The highest BCUT2D eigenvalue weighted by Gasteiger charge is 2.25. The van der Waals surface area contributed by atoms with Gasteiger partial charge in [0.1, 0.15) is 4.90 Å². The minimum absolute atomic E-state index is 0.0230. The van der Waals surface area contributed by atoms with Crippen LogP contribution in [0.1, 0.15) is 13.8 Å². The van der Waals surface area contributed by atoms with Crippen molar-refractivity contribution < 1.29 is 13.2 Å². The second-order valence-corrected chi connectivity index (χ2v) is 6.38. The molecule has 1 aromatic carbocycles. The predicted octanol–water partition coefficient (Wildman–Crippen LogP) is 0.758. The molecule has 7 heteroatoms. The number of para-hydroxylation sites is 1. The summed E-state index contributed by atoms with van der Waals surface area (Å²) in [7, 11) is -2.38. The fraction of sp³-hybridized carbons (Fsp3) is 0.462. The Hall–Kier alpha value is -1.60. The van der Waals surface area contributed by atoms with Gasteiger partial charge >= 0.3 is 0 Å². The zero-order chi connectivity index (χ0) is 15.3. The maximum Gasteiger partial charge on any atom is 0.245 e. The Labute approximate surface area is 120 Å². The van der Waals surface area contributed by atoms with E-state index < -0.39 is 10.0 Å². The average Bonchev–Trinajstić information content (AvgIpc) is 2.40. The van der Waals surface area contributed by atoms with Crippen molar-refractivity contribution in [3.05, 3.63) is 24.3 Å². The van der Waals surface area contributed by atoms with Crippen molar-refractivity contribution in [1.82, 2.24) is 9.21 Å². The molecule has 2 N–H and O–H groups in total. The quantitative estimate of drug-likeness (QED) is 0.786. The number of carbonyl (C=O) groups excluding carboxylic acids is 1. The highest BCUT2D eigenvalue weighted by Crippen LogP contribution is 2.20. The zero-order valence-corrected chi connectivity index (χ0v) is 12.9. The van der Waals surface area contributed by atoms with Crippen molar-refractivity contribution >= 4 is 21.6 Å². The number of nitrogen functional groups attached to an aromatic ring is 1. The van der Waals surface area contributed by atoms with Gasteiger partial charge in [-0.05, 0) is 26.0 Å². The molecule has 1 amide bonds. The molecule has 0 aromatic heterocycles. The topological polar surface area (TPSA) is 83.7 Å². The van der Waals surface area contributed by atoms with Crippen LogP contribution in [0.15, 0.2) is 29.2 Å². The number of amides is 1. The molecule has 1 aromatic rings. The normalized spacial score (nSPS) is 11.6. The fourth-order valence-electron chi connectivity index (χ4n) is 1.84. The van der Waals surface area contributed by atoms with Crippen molar-refractivity contribution in [3.63, 3.8) is 0 Å². The first-order valence-electron chi connectivity index (χ1n) is 6.43. The molecule has 20 heavy (non-hydrogen) atoms. The third-order valence-electron chi connectivity index (χ3n) is 3.08. The monoisotopic (exact) mass is 299 g/mol. The lowest BCUT2D eigenvalue weighted by atomic mass is 10.3.